The van der Waals surface area contributed by atoms with Crippen LogP contribution in [0.3, 0.4) is 0 Å². The summed E-state index contributed by atoms with van der Waals surface area (Å²) in [7, 11) is -3.00. The van der Waals surface area contributed by atoms with E-state index < -0.39 is 7.14 Å². The second-order valence-electron chi connectivity index (χ2n) is 13.1. The molecule has 7 aromatic rings. The van der Waals surface area contributed by atoms with Gasteiger partial charge < -0.3 is 4.57 Å². The molecule has 0 bridgehead atoms. The summed E-state index contributed by atoms with van der Waals surface area (Å²) in [5, 5.41) is 5.28. The van der Waals surface area contributed by atoms with Gasteiger partial charge in [0, 0.05) is 21.3 Å². The Bertz CT molecular complexity index is 2270. The van der Waals surface area contributed by atoms with Crippen molar-refractivity contribution in [1.29, 1.82) is 0 Å². The number of benzene rings is 7. The lowest BCUT2D eigenvalue weighted by Crippen LogP contribution is -2.29. The fraction of sp³-hybridized carbons (Fsp3) is 0.130. The zero-order chi connectivity index (χ0) is 32.9. The maximum absolute atomic E-state index is 14.8. The van der Waals surface area contributed by atoms with Crippen LogP contribution in [0, 0.1) is 6.92 Å². The van der Waals surface area contributed by atoms with Gasteiger partial charge in [-0.05, 0) is 80.6 Å². The summed E-state index contributed by atoms with van der Waals surface area (Å²) in [6.45, 7) is 6.96. The molecule has 0 spiro atoms. The fourth-order valence-electron chi connectivity index (χ4n) is 8.30. The maximum atomic E-state index is 14.8. The topological polar surface area (TPSA) is 17.1 Å². The molecule has 0 saturated heterocycles. The molecule has 0 heterocycles. The Morgan fingerprint density at radius 3 is 1.60 bits per heavy atom. The first-order valence-corrected chi connectivity index (χ1v) is 18.8. The van der Waals surface area contributed by atoms with E-state index in [2.05, 4.69) is 106 Å². The number of hydrogen-bond acceptors (Lipinski definition) is 1. The standard InChI is InChI=1S/C46H39OP/c1-4-46(5-2)42-21-13-12-19-40(42)44-32(3)31-41(39-20-14-22-43(46)45(39)44)35-25-23-33(24-26-35)34-27-29-38(30-28-34)48(47,36-15-8-6-9-16-36)37-17-10-7-11-18-37/h6-31H,4-5H2,1-3H3. The molecule has 1 aliphatic carbocycles. The van der Waals surface area contributed by atoms with E-state index in [1.807, 2.05) is 72.8 Å². The van der Waals surface area contributed by atoms with Gasteiger partial charge in [-0.3, -0.25) is 0 Å². The Morgan fingerprint density at radius 1 is 0.500 bits per heavy atom. The van der Waals surface area contributed by atoms with Crippen LogP contribution in [-0.2, 0) is 9.98 Å². The predicted octanol–water partition coefficient (Wildman–Crippen LogP) is 11.2. The average Bonchev–Trinajstić information content (AvgIpc) is 3.16. The molecule has 0 aromatic heterocycles. The summed E-state index contributed by atoms with van der Waals surface area (Å²) >= 11 is 0. The van der Waals surface area contributed by atoms with Crippen molar-refractivity contribution in [2.45, 2.75) is 39.0 Å². The largest absolute Gasteiger partial charge is 0.309 e. The van der Waals surface area contributed by atoms with Crippen LogP contribution in [0.1, 0.15) is 43.4 Å². The van der Waals surface area contributed by atoms with Crippen LogP contribution < -0.4 is 15.9 Å². The Morgan fingerprint density at radius 2 is 1.00 bits per heavy atom. The zero-order valence-electron chi connectivity index (χ0n) is 27.8. The summed E-state index contributed by atoms with van der Waals surface area (Å²) in [6, 6.07) is 55.4. The number of hydrogen-bond donors (Lipinski definition) is 0. The van der Waals surface area contributed by atoms with Gasteiger partial charge in [0.2, 0.25) is 0 Å². The van der Waals surface area contributed by atoms with E-state index in [1.54, 1.807) is 0 Å². The van der Waals surface area contributed by atoms with Crippen LogP contribution in [0.2, 0.25) is 0 Å². The second kappa shape index (κ2) is 11.9. The van der Waals surface area contributed by atoms with Gasteiger partial charge in [0.1, 0.15) is 0 Å². The first-order valence-electron chi connectivity index (χ1n) is 17.1. The molecule has 0 fully saturated rings. The second-order valence-corrected chi connectivity index (χ2v) is 15.9. The van der Waals surface area contributed by atoms with E-state index in [0.717, 1.165) is 39.9 Å². The van der Waals surface area contributed by atoms with Gasteiger partial charge >= 0.3 is 0 Å². The van der Waals surface area contributed by atoms with Crippen LogP contribution in [0.5, 0.6) is 0 Å². The summed E-state index contributed by atoms with van der Waals surface area (Å²) < 4.78 is 14.8. The predicted molar refractivity (Wildman–Crippen MR) is 206 cm³/mol. The van der Waals surface area contributed by atoms with Gasteiger partial charge in [0.25, 0.3) is 0 Å². The highest BCUT2D eigenvalue weighted by Gasteiger charge is 2.39. The van der Waals surface area contributed by atoms with Crippen molar-refractivity contribution in [2.75, 3.05) is 0 Å². The van der Waals surface area contributed by atoms with Crippen LogP contribution in [-0.4, -0.2) is 0 Å². The summed E-state index contributed by atoms with van der Waals surface area (Å²) in [5.41, 5.74) is 11.8. The van der Waals surface area contributed by atoms with E-state index in [9.17, 15) is 4.57 Å². The van der Waals surface area contributed by atoms with Crippen molar-refractivity contribution in [1.82, 2.24) is 0 Å². The van der Waals surface area contributed by atoms with Gasteiger partial charge in [0.05, 0.1) is 0 Å². The van der Waals surface area contributed by atoms with Crippen molar-refractivity contribution >= 4 is 33.8 Å². The van der Waals surface area contributed by atoms with Gasteiger partial charge in [-0.15, -0.1) is 0 Å². The lowest BCUT2D eigenvalue weighted by molar-refractivity contribution is 0.481. The van der Waals surface area contributed by atoms with Gasteiger partial charge in [0.15, 0.2) is 7.14 Å². The molecule has 234 valence electrons. The third kappa shape index (κ3) is 4.56. The average molecular weight is 639 g/mol. The minimum absolute atomic E-state index is 0.00910. The van der Waals surface area contributed by atoms with Crippen LogP contribution in [0.15, 0.2) is 158 Å². The van der Waals surface area contributed by atoms with Crippen LogP contribution in [0.25, 0.3) is 44.2 Å². The van der Waals surface area contributed by atoms with E-state index in [0.29, 0.717) is 0 Å². The molecule has 0 unspecified atom stereocenters. The SMILES string of the molecule is CCC1(CC)c2ccccc2-c2c(C)cc(-c3ccc(-c4ccc(P(=O)(c5ccccc5)c5ccccc5)cc4)cc3)c3cccc1c23. The lowest BCUT2D eigenvalue weighted by Gasteiger charge is -2.40. The highest BCUT2D eigenvalue weighted by molar-refractivity contribution is 7.85. The monoisotopic (exact) mass is 638 g/mol. The summed E-state index contributed by atoms with van der Waals surface area (Å²) in [4.78, 5) is 0. The molecule has 1 aliphatic rings. The lowest BCUT2D eigenvalue weighted by atomic mass is 9.62. The third-order valence-electron chi connectivity index (χ3n) is 10.8. The van der Waals surface area contributed by atoms with E-state index in [1.165, 1.54) is 49.7 Å². The van der Waals surface area contributed by atoms with Crippen LogP contribution >= 0.6 is 7.14 Å². The molecule has 1 nitrogen and oxygen atoms in total. The minimum atomic E-state index is -3.00. The number of fused-ring (bicyclic) bond motifs is 2. The van der Waals surface area contributed by atoms with E-state index in [-0.39, 0.29) is 5.41 Å². The summed E-state index contributed by atoms with van der Waals surface area (Å²) in [5.74, 6) is 0. The molecule has 7 aromatic carbocycles. The summed E-state index contributed by atoms with van der Waals surface area (Å²) in [6.07, 6.45) is 2.14. The first-order chi connectivity index (χ1) is 23.5. The quantitative estimate of drug-likeness (QED) is 0.159. The van der Waals surface area contributed by atoms with E-state index >= 15 is 0 Å². The zero-order valence-corrected chi connectivity index (χ0v) is 28.7. The van der Waals surface area contributed by atoms with Gasteiger partial charge in [-0.1, -0.05) is 172 Å². The Balaban J connectivity index is 1.19. The molecule has 0 amide bonds. The van der Waals surface area contributed by atoms with Crippen molar-refractivity contribution in [2.24, 2.45) is 0 Å². The first kappa shape index (κ1) is 30.4. The smallest absolute Gasteiger partial charge is 0.171 e. The van der Waals surface area contributed by atoms with Crippen molar-refractivity contribution in [3.63, 3.8) is 0 Å². The van der Waals surface area contributed by atoms with Crippen molar-refractivity contribution in [3.05, 3.63) is 174 Å². The third-order valence-corrected chi connectivity index (χ3v) is 13.9. The Labute approximate surface area is 284 Å². The van der Waals surface area contributed by atoms with Crippen molar-refractivity contribution in [3.8, 4) is 33.4 Å². The molecule has 8 rings (SSSR count). The molecule has 48 heavy (non-hydrogen) atoms. The molecular formula is C46H39OP. The normalized spacial score (nSPS) is 13.3. The Hall–Kier alpha value is -4.97. The van der Waals surface area contributed by atoms with Crippen molar-refractivity contribution < 1.29 is 4.57 Å². The fourth-order valence-corrected chi connectivity index (χ4v) is 10.9. The highest BCUT2D eigenvalue weighted by atomic mass is 31.2. The molecule has 0 radical (unpaired) electrons. The van der Waals surface area contributed by atoms with Crippen LogP contribution in [0.4, 0.5) is 0 Å². The molecular weight excluding hydrogens is 599 g/mol. The molecule has 2 heteroatoms. The molecule has 0 N–H and O–H groups in total. The highest BCUT2D eigenvalue weighted by Crippen LogP contribution is 2.54. The minimum Gasteiger partial charge on any atom is -0.309 e. The molecule has 0 atom stereocenters. The maximum Gasteiger partial charge on any atom is 0.171 e. The Kier molecular flexibility index (Phi) is 7.54. The number of aryl methyl sites for hydroxylation is 1. The number of rotatable bonds is 7. The van der Waals surface area contributed by atoms with Gasteiger partial charge in [-0.25, -0.2) is 0 Å². The van der Waals surface area contributed by atoms with Gasteiger partial charge in [-0.2, -0.15) is 0 Å². The molecule has 0 saturated carbocycles. The van der Waals surface area contributed by atoms with E-state index in [4.69, 9.17) is 0 Å². The molecule has 0 aliphatic heterocycles.